The van der Waals surface area contributed by atoms with E-state index >= 15 is 0 Å². The number of methoxy groups -OCH3 is 1. The number of carbonyl (C=O) groups excluding carboxylic acids is 1. The fraction of sp³-hybridized carbons (Fsp3) is 0.125. The van der Waals surface area contributed by atoms with E-state index < -0.39 is 0 Å². The molecule has 9 heteroatoms. The third-order valence-corrected chi connectivity index (χ3v) is 6.08. The van der Waals surface area contributed by atoms with Crippen LogP contribution in [0.3, 0.4) is 0 Å². The first-order chi connectivity index (χ1) is 15.9. The molecule has 1 N–H and O–H groups in total. The number of nitrogens with one attached hydrogen (secondary N) is 1. The molecule has 0 spiro atoms. The fourth-order valence-corrected chi connectivity index (χ4v) is 4.53. The molecule has 0 aliphatic heterocycles. The first kappa shape index (κ1) is 23.2. The van der Waals surface area contributed by atoms with Crippen LogP contribution in [-0.4, -0.2) is 33.5 Å². The summed E-state index contributed by atoms with van der Waals surface area (Å²) < 4.78 is 7.22. The predicted octanol–water partition coefficient (Wildman–Crippen LogP) is 6.29. The van der Waals surface area contributed by atoms with Crippen LogP contribution >= 0.6 is 35.0 Å². The maximum absolute atomic E-state index is 12.6. The topological polar surface area (TPSA) is 69.0 Å². The summed E-state index contributed by atoms with van der Waals surface area (Å²) in [5.74, 6) is 1.36. The molecule has 1 amide bonds. The molecule has 168 valence electrons. The minimum atomic E-state index is -0.209. The van der Waals surface area contributed by atoms with Crippen LogP contribution < -0.4 is 10.1 Å². The lowest BCUT2D eigenvalue weighted by atomic mass is 10.1. The molecule has 1 aromatic heterocycles. The normalized spacial score (nSPS) is 10.8. The molecular weight excluding hydrogens is 479 g/mol. The number of ether oxygens (including phenoxy) is 1. The Morgan fingerprint density at radius 3 is 2.42 bits per heavy atom. The Bertz CT molecular complexity index is 1270. The Hall–Kier alpha value is -3.00. The molecule has 4 rings (SSSR count). The van der Waals surface area contributed by atoms with Crippen LogP contribution in [-0.2, 0) is 4.79 Å². The van der Waals surface area contributed by atoms with Crippen LogP contribution in [0.5, 0.6) is 5.75 Å². The van der Waals surface area contributed by atoms with Gasteiger partial charge in [0.2, 0.25) is 5.91 Å². The molecule has 0 bridgehead atoms. The van der Waals surface area contributed by atoms with Gasteiger partial charge in [0.15, 0.2) is 11.0 Å². The van der Waals surface area contributed by atoms with Crippen molar-refractivity contribution >= 4 is 46.6 Å². The molecule has 0 saturated heterocycles. The van der Waals surface area contributed by atoms with Gasteiger partial charge in [0.1, 0.15) is 5.75 Å². The summed E-state index contributed by atoms with van der Waals surface area (Å²) in [7, 11) is 1.62. The van der Waals surface area contributed by atoms with Gasteiger partial charge in [0.05, 0.1) is 12.9 Å². The van der Waals surface area contributed by atoms with Gasteiger partial charge in [-0.15, -0.1) is 10.2 Å². The summed E-state index contributed by atoms with van der Waals surface area (Å²) >= 11 is 13.3. The van der Waals surface area contributed by atoms with Gasteiger partial charge in [-0.1, -0.05) is 58.7 Å². The molecule has 0 saturated carbocycles. The molecule has 3 aromatic carbocycles. The van der Waals surface area contributed by atoms with E-state index in [0.29, 0.717) is 26.7 Å². The van der Waals surface area contributed by atoms with Gasteiger partial charge >= 0.3 is 0 Å². The van der Waals surface area contributed by atoms with Crippen LogP contribution in [0.25, 0.3) is 17.1 Å². The van der Waals surface area contributed by atoms with Crippen LogP contribution in [0.4, 0.5) is 5.69 Å². The van der Waals surface area contributed by atoms with E-state index in [1.165, 1.54) is 11.8 Å². The number of nitrogens with zero attached hydrogens (tertiary/aromatic N) is 3. The van der Waals surface area contributed by atoms with Crippen molar-refractivity contribution in [2.45, 2.75) is 12.1 Å². The van der Waals surface area contributed by atoms with E-state index in [0.717, 1.165) is 22.6 Å². The Balaban J connectivity index is 1.61. The van der Waals surface area contributed by atoms with E-state index in [1.54, 1.807) is 25.3 Å². The second kappa shape index (κ2) is 10.3. The first-order valence-corrected chi connectivity index (χ1v) is 11.7. The summed E-state index contributed by atoms with van der Waals surface area (Å²) in [5, 5.41) is 13.1. The standard InChI is InChI=1S/C24H20Cl2N4O2S/c1-15-4-3-5-16(10-15)23-28-29-24(30(23)20-6-8-21(32-2)9-7-20)33-14-22(31)27-19-12-17(25)11-18(26)13-19/h3-13H,14H2,1-2H3,(H,27,31). The van der Waals surface area contributed by atoms with Gasteiger partial charge < -0.3 is 10.1 Å². The number of rotatable bonds is 7. The fourth-order valence-electron chi connectivity index (χ4n) is 3.25. The van der Waals surface area contributed by atoms with Crippen molar-refractivity contribution in [3.05, 3.63) is 82.3 Å². The molecule has 0 aliphatic rings. The molecular formula is C24H20Cl2N4O2S. The van der Waals surface area contributed by atoms with Crippen LogP contribution in [0, 0.1) is 6.92 Å². The highest BCUT2D eigenvalue weighted by Crippen LogP contribution is 2.30. The molecule has 6 nitrogen and oxygen atoms in total. The average Bonchev–Trinajstić information content (AvgIpc) is 3.21. The molecule has 0 fully saturated rings. The third-order valence-electron chi connectivity index (χ3n) is 4.72. The van der Waals surface area contributed by atoms with Crippen LogP contribution in [0.1, 0.15) is 5.56 Å². The Morgan fingerprint density at radius 1 is 1.03 bits per heavy atom. The third kappa shape index (κ3) is 5.68. The number of thioether (sulfide) groups is 1. The minimum Gasteiger partial charge on any atom is -0.497 e. The predicted molar refractivity (Wildman–Crippen MR) is 134 cm³/mol. The number of amides is 1. The molecule has 0 atom stereocenters. The molecule has 0 radical (unpaired) electrons. The van der Waals surface area contributed by atoms with Crippen LogP contribution in [0.15, 0.2) is 71.9 Å². The second-order valence-electron chi connectivity index (χ2n) is 7.20. The van der Waals surface area contributed by atoms with Crippen molar-refractivity contribution in [2.24, 2.45) is 0 Å². The summed E-state index contributed by atoms with van der Waals surface area (Å²) in [6.07, 6.45) is 0. The summed E-state index contributed by atoms with van der Waals surface area (Å²) in [5.41, 5.74) is 3.45. The highest BCUT2D eigenvalue weighted by atomic mass is 35.5. The highest BCUT2D eigenvalue weighted by molar-refractivity contribution is 7.99. The number of hydrogen-bond acceptors (Lipinski definition) is 5. The maximum atomic E-state index is 12.6. The first-order valence-electron chi connectivity index (χ1n) is 9.98. The zero-order chi connectivity index (χ0) is 23.4. The lowest BCUT2D eigenvalue weighted by molar-refractivity contribution is -0.113. The summed E-state index contributed by atoms with van der Waals surface area (Å²) in [4.78, 5) is 12.6. The smallest absolute Gasteiger partial charge is 0.234 e. The lowest BCUT2D eigenvalue weighted by Gasteiger charge is -2.12. The zero-order valence-electron chi connectivity index (χ0n) is 17.9. The zero-order valence-corrected chi connectivity index (χ0v) is 20.2. The molecule has 4 aromatic rings. The Morgan fingerprint density at radius 2 is 1.76 bits per heavy atom. The molecule has 33 heavy (non-hydrogen) atoms. The summed E-state index contributed by atoms with van der Waals surface area (Å²) in [6.45, 7) is 2.03. The molecule has 1 heterocycles. The van der Waals surface area contributed by atoms with Gasteiger partial charge in [-0.05, 0) is 55.5 Å². The van der Waals surface area contributed by atoms with Gasteiger partial charge in [-0.25, -0.2) is 0 Å². The number of hydrogen-bond donors (Lipinski definition) is 1. The van der Waals surface area contributed by atoms with E-state index in [4.69, 9.17) is 27.9 Å². The highest BCUT2D eigenvalue weighted by Gasteiger charge is 2.18. The van der Waals surface area contributed by atoms with E-state index in [2.05, 4.69) is 15.5 Å². The van der Waals surface area contributed by atoms with Gasteiger partial charge in [0.25, 0.3) is 0 Å². The van der Waals surface area contributed by atoms with Crippen molar-refractivity contribution < 1.29 is 9.53 Å². The van der Waals surface area contributed by atoms with Crippen LogP contribution in [0.2, 0.25) is 10.0 Å². The van der Waals surface area contributed by atoms with Crippen molar-refractivity contribution in [3.63, 3.8) is 0 Å². The van der Waals surface area contributed by atoms with Gasteiger partial charge in [-0.2, -0.15) is 0 Å². The van der Waals surface area contributed by atoms with Crippen molar-refractivity contribution in [1.29, 1.82) is 0 Å². The van der Waals surface area contributed by atoms with E-state index in [-0.39, 0.29) is 11.7 Å². The second-order valence-corrected chi connectivity index (χ2v) is 9.02. The monoisotopic (exact) mass is 498 g/mol. The number of anilines is 1. The summed E-state index contributed by atoms with van der Waals surface area (Å²) in [6, 6.07) is 20.6. The van der Waals surface area contributed by atoms with E-state index in [1.807, 2.05) is 60.0 Å². The van der Waals surface area contributed by atoms with Crippen molar-refractivity contribution in [2.75, 3.05) is 18.2 Å². The number of aryl methyl sites for hydroxylation is 1. The number of halogens is 2. The number of benzene rings is 3. The van der Waals surface area contributed by atoms with E-state index in [9.17, 15) is 4.79 Å². The lowest BCUT2D eigenvalue weighted by Crippen LogP contribution is -2.14. The quantitative estimate of drug-likeness (QED) is 0.303. The number of aromatic nitrogens is 3. The Labute approximate surface area is 205 Å². The number of carbonyl (C=O) groups is 1. The minimum absolute atomic E-state index is 0.131. The Kier molecular flexibility index (Phi) is 7.23. The average molecular weight is 499 g/mol. The maximum Gasteiger partial charge on any atom is 0.234 e. The largest absolute Gasteiger partial charge is 0.497 e. The SMILES string of the molecule is COc1ccc(-n2c(SCC(=O)Nc3cc(Cl)cc(Cl)c3)nnc2-c2cccc(C)c2)cc1. The van der Waals surface area contributed by atoms with Gasteiger partial charge in [-0.3, -0.25) is 9.36 Å². The molecule has 0 aliphatic carbocycles. The van der Waals surface area contributed by atoms with Gasteiger partial charge in [0, 0.05) is 27.0 Å². The molecule has 0 unspecified atom stereocenters. The van der Waals surface area contributed by atoms with Crippen molar-refractivity contribution in [3.8, 4) is 22.8 Å². The van der Waals surface area contributed by atoms with Crippen molar-refractivity contribution in [1.82, 2.24) is 14.8 Å².